The number of benzene rings is 1. The number of hydrogen-bond acceptors (Lipinski definition) is 5. The van der Waals surface area contributed by atoms with Gasteiger partial charge >= 0.3 is 0 Å². The van der Waals surface area contributed by atoms with Crippen LogP contribution in [0, 0.1) is 6.92 Å². The fourth-order valence-electron chi connectivity index (χ4n) is 2.90. The van der Waals surface area contributed by atoms with E-state index in [1.165, 1.54) is 11.3 Å². The monoisotopic (exact) mass is 338 g/mol. The Kier molecular flexibility index (Phi) is 3.90. The first-order valence-corrected chi connectivity index (χ1v) is 8.84. The molecule has 1 aliphatic rings. The third kappa shape index (κ3) is 3.10. The van der Waals surface area contributed by atoms with Gasteiger partial charge in [-0.3, -0.25) is 4.79 Å². The van der Waals surface area contributed by atoms with Crippen molar-refractivity contribution in [2.75, 3.05) is 5.32 Å². The number of thiophene rings is 1. The van der Waals surface area contributed by atoms with Gasteiger partial charge in [-0.2, -0.15) is 0 Å². The summed E-state index contributed by atoms with van der Waals surface area (Å²) in [4.78, 5) is 21.7. The van der Waals surface area contributed by atoms with Crippen LogP contribution in [0.5, 0.6) is 0 Å². The summed E-state index contributed by atoms with van der Waals surface area (Å²) < 4.78 is 1.15. The lowest BCUT2D eigenvalue weighted by Gasteiger charge is -2.36. The SMILES string of the molecule is Cc1ccnc(NC2CC(NC(=O)c3cc4ccccc4s3)C2)n1. The largest absolute Gasteiger partial charge is 0.351 e. The van der Waals surface area contributed by atoms with E-state index < -0.39 is 0 Å². The third-order valence-corrected chi connectivity index (χ3v) is 5.37. The second-order valence-electron chi connectivity index (χ2n) is 6.15. The van der Waals surface area contributed by atoms with Gasteiger partial charge in [0.2, 0.25) is 5.95 Å². The van der Waals surface area contributed by atoms with E-state index in [4.69, 9.17) is 0 Å². The number of fused-ring (bicyclic) bond motifs is 1. The molecule has 3 aromatic rings. The number of nitrogens with one attached hydrogen (secondary N) is 2. The van der Waals surface area contributed by atoms with Crippen LogP contribution in [0.3, 0.4) is 0 Å². The van der Waals surface area contributed by atoms with Crippen LogP contribution in [0.2, 0.25) is 0 Å². The summed E-state index contributed by atoms with van der Waals surface area (Å²) in [5.74, 6) is 0.681. The van der Waals surface area contributed by atoms with Crippen molar-refractivity contribution in [1.29, 1.82) is 0 Å². The van der Waals surface area contributed by atoms with Gasteiger partial charge in [0.15, 0.2) is 0 Å². The van der Waals surface area contributed by atoms with E-state index in [1.54, 1.807) is 6.20 Å². The summed E-state index contributed by atoms with van der Waals surface area (Å²) in [6, 6.07) is 12.4. The minimum atomic E-state index is 0.0199. The molecule has 6 heteroatoms. The molecule has 1 fully saturated rings. The Bertz CT molecular complexity index is 852. The molecule has 1 aromatic carbocycles. The Morgan fingerprint density at radius 3 is 2.83 bits per heavy atom. The molecule has 2 N–H and O–H groups in total. The molecule has 122 valence electrons. The highest BCUT2D eigenvalue weighted by atomic mass is 32.1. The Labute approximate surface area is 144 Å². The van der Waals surface area contributed by atoms with Gasteiger partial charge < -0.3 is 10.6 Å². The molecule has 24 heavy (non-hydrogen) atoms. The summed E-state index contributed by atoms with van der Waals surface area (Å²) >= 11 is 1.54. The van der Waals surface area contributed by atoms with Crippen molar-refractivity contribution in [3.05, 3.63) is 53.2 Å². The first-order valence-electron chi connectivity index (χ1n) is 8.03. The topological polar surface area (TPSA) is 66.9 Å². The summed E-state index contributed by atoms with van der Waals surface area (Å²) in [6.45, 7) is 1.95. The Hall–Kier alpha value is -2.47. The van der Waals surface area contributed by atoms with E-state index in [9.17, 15) is 4.79 Å². The molecule has 1 saturated carbocycles. The maximum Gasteiger partial charge on any atom is 0.261 e. The van der Waals surface area contributed by atoms with E-state index >= 15 is 0 Å². The minimum absolute atomic E-state index is 0.0199. The van der Waals surface area contributed by atoms with Crippen molar-refractivity contribution in [1.82, 2.24) is 15.3 Å². The van der Waals surface area contributed by atoms with Gasteiger partial charge in [-0.15, -0.1) is 11.3 Å². The van der Waals surface area contributed by atoms with Gasteiger partial charge in [0, 0.05) is 28.7 Å². The Morgan fingerprint density at radius 2 is 2.04 bits per heavy atom. The summed E-state index contributed by atoms with van der Waals surface area (Å²) in [5, 5.41) is 7.55. The van der Waals surface area contributed by atoms with Crippen LogP contribution in [-0.2, 0) is 0 Å². The lowest BCUT2D eigenvalue weighted by atomic mass is 9.87. The normalized spacial score (nSPS) is 19.7. The molecule has 0 spiro atoms. The predicted molar refractivity (Wildman–Crippen MR) is 96.5 cm³/mol. The average molecular weight is 338 g/mol. The van der Waals surface area contributed by atoms with Crippen molar-refractivity contribution >= 4 is 33.3 Å². The molecule has 5 nitrogen and oxygen atoms in total. The Morgan fingerprint density at radius 1 is 1.21 bits per heavy atom. The van der Waals surface area contributed by atoms with Crippen molar-refractivity contribution in [2.45, 2.75) is 31.8 Å². The van der Waals surface area contributed by atoms with Crippen LogP contribution >= 0.6 is 11.3 Å². The molecule has 4 rings (SSSR count). The van der Waals surface area contributed by atoms with Crippen LogP contribution in [0.15, 0.2) is 42.6 Å². The van der Waals surface area contributed by atoms with Crippen LogP contribution in [0.25, 0.3) is 10.1 Å². The van der Waals surface area contributed by atoms with Gasteiger partial charge in [-0.05, 0) is 43.4 Å². The predicted octanol–water partition coefficient (Wildman–Crippen LogP) is 3.37. The standard InChI is InChI=1S/C18H18N4OS/c1-11-6-7-19-18(20-11)22-14-9-13(10-14)21-17(23)16-8-12-4-2-3-5-15(12)24-16/h2-8,13-14H,9-10H2,1H3,(H,21,23)(H,19,20,22). The van der Waals surface area contributed by atoms with Gasteiger partial charge in [-0.1, -0.05) is 18.2 Å². The highest BCUT2D eigenvalue weighted by Crippen LogP contribution is 2.27. The molecule has 2 aromatic heterocycles. The zero-order chi connectivity index (χ0) is 16.5. The van der Waals surface area contributed by atoms with E-state index in [0.29, 0.717) is 12.0 Å². The maximum absolute atomic E-state index is 12.4. The molecule has 0 bridgehead atoms. The number of aryl methyl sites for hydroxylation is 1. The van der Waals surface area contributed by atoms with Crippen LogP contribution in [0.4, 0.5) is 5.95 Å². The van der Waals surface area contributed by atoms with Gasteiger partial charge in [-0.25, -0.2) is 9.97 Å². The number of rotatable bonds is 4. The van der Waals surface area contributed by atoms with Gasteiger partial charge in [0.25, 0.3) is 5.91 Å². The molecular formula is C18H18N4OS. The second kappa shape index (κ2) is 6.20. The average Bonchev–Trinajstić information content (AvgIpc) is 2.97. The first kappa shape index (κ1) is 15.1. The van der Waals surface area contributed by atoms with E-state index in [-0.39, 0.29) is 11.9 Å². The molecule has 0 atom stereocenters. The second-order valence-corrected chi connectivity index (χ2v) is 7.24. The molecule has 2 heterocycles. The quantitative estimate of drug-likeness (QED) is 0.765. The third-order valence-electron chi connectivity index (χ3n) is 4.25. The number of carbonyl (C=O) groups excluding carboxylic acids is 1. The smallest absolute Gasteiger partial charge is 0.261 e. The van der Waals surface area contributed by atoms with Crippen molar-refractivity contribution < 1.29 is 4.79 Å². The summed E-state index contributed by atoms with van der Waals surface area (Å²) in [5.41, 5.74) is 0.946. The fourth-order valence-corrected chi connectivity index (χ4v) is 3.87. The van der Waals surface area contributed by atoms with Gasteiger partial charge in [0.05, 0.1) is 4.88 Å². The highest BCUT2D eigenvalue weighted by Gasteiger charge is 2.31. The maximum atomic E-state index is 12.4. The molecule has 0 aliphatic heterocycles. The Balaban J connectivity index is 1.32. The molecule has 0 unspecified atom stereocenters. The van der Waals surface area contributed by atoms with Crippen molar-refractivity contribution in [3.8, 4) is 0 Å². The minimum Gasteiger partial charge on any atom is -0.351 e. The van der Waals surface area contributed by atoms with E-state index in [2.05, 4.69) is 20.6 Å². The zero-order valence-electron chi connectivity index (χ0n) is 13.3. The van der Waals surface area contributed by atoms with Crippen molar-refractivity contribution in [3.63, 3.8) is 0 Å². The number of anilines is 1. The molecule has 1 aliphatic carbocycles. The number of carbonyl (C=O) groups is 1. The zero-order valence-corrected chi connectivity index (χ0v) is 14.1. The van der Waals surface area contributed by atoms with Crippen LogP contribution in [-0.4, -0.2) is 28.0 Å². The number of amides is 1. The fraction of sp³-hybridized carbons (Fsp3) is 0.278. The van der Waals surface area contributed by atoms with Crippen LogP contribution < -0.4 is 10.6 Å². The summed E-state index contributed by atoms with van der Waals surface area (Å²) in [6.07, 6.45) is 3.55. The molecule has 1 amide bonds. The van der Waals surface area contributed by atoms with Gasteiger partial charge in [0.1, 0.15) is 0 Å². The van der Waals surface area contributed by atoms with Crippen molar-refractivity contribution in [2.24, 2.45) is 0 Å². The van der Waals surface area contributed by atoms with E-state index in [0.717, 1.165) is 33.5 Å². The lowest BCUT2D eigenvalue weighted by Crippen LogP contribution is -2.49. The molecular weight excluding hydrogens is 320 g/mol. The number of nitrogens with zero attached hydrogens (tertiary/aromatic N) is 2. The summed E-state index contributed by atoms with van der Waals surface area (Å²) in [7, 11) is 0. The highest BCUT2D eigenvalue weighted by molar-refractivity contribution is 7.20. The van der Waals surface area contributed by atoms with E-state index in [1.807, 2.05) is 43.3 Å². The lowest BCUT2D eigenvalue weighted by molar-refractivity contribution is 0.0917. The number of aromatic nitrogens is 2. The molecule has 0 radical (unpaired) electrons. The molecule has 0 saturated heterocycles. The van der Waals surface area contributed by atoms with Crippen LogP contribution in [0.1, 0.15) is 28.2 Å². The number of hydrogen-bond donors (Lipinski definition) is 2. The first-order chi connectivity index (χ1) is 11.7.